The van der Waals surface area contributed by atoms with Crippen LogP contribution in [0.5, 0.6) is 0 Å². The summed E-state index contributed by atoms with van der Waals surface area (Å²) in [6.07, 6.45) is 2.20. The van der Waals surface area contributed by atoms with Crippen molar-refractivity contribution in [2.24, 2.45) is 0 Å². The molecule has 0 fully saturated rings. The molecule has 146 valence electrons. The molecule has 1 aliphatic rings. The van der Waals surface area contributed by atoms with Crippen LogP contribution >= 0.6 is 11.6 Å². The SMILES string of the molecule is CN1CCCc2cc([C@H](CNS(=O)(=O)c3ccc(Cl)cc3)N(C)C)ccc21. The third-order valence-corrected chi connectivity index (χ3v) is 6.74. The summed E-state index contributed by atoms with van der Waals surface area (Å²) < 4.78 is 27.9. The van der Waals surface area contributed by atoms with Gasteiger partial charge < -0.3 is 9.80 Å². The number of nitrogens with zero attached hydrogens (tertiary/aromatic N) is 2. The minimum absolute atomic E-state index is 0.0513. The van der Waals surface area contributed by atoms with Gasteiger partial charge in [0.05, 0.1) is 4.90 Å². The highest BCUT2D eigenvalue weighted by molar-refractivity contribution is 7.89. The van der Waals surface area contributed by atoms with Crippen LogP contribution in [-0.2, 0) is 16.4 Å². The number of halogens is 1. The van der Waals surface area contributed by atoms with Gasteiger partial charge in [-0.1, -0.05) is 23.7 Å². The Kier molecular flexibility index (Phi) is 6.11. The molecule has 1 aliphatic heterocycles. The highest BCUT2D eigenvalue weighted by Crippen LogP contribution is 2.30. The van der Waals surface area contributed by atoms with E-state index in [1.807, 2.05) is 19.0 Å². The van der Waals surface area contributed by atoms with Crippen molar-refractivity contribution >= 4 is 27.3 Å². The summed E-state index contributed by atoms with van der Waals surface area (Å²) in [6, 6.07) is 12.6. The minimum Gasteiger partial charge on any atom is -0.374 e. The molecule has 0 aliphatic carbocycles. The fraction of sp³-hybridized carbons (Fsp3) is 0.400. The Hall–Kier alpha value is -1.60. The van der Waals surface area contributed by atoms with Crippen molar-refractivity contribution < 1.29 is 8.42 Å². The van der Waals surface area contributed by atoms with Crippen LogP contribution in [-0.4, -0.2) is 47.6 Å². The largest absolute Gasteiger partial charge is 0.374 e. The highest BCUT2D eigenvalue weighted by Gasteiger charge is 2.22. The van der Waals surface area contributed by atoms with E-state index >= 15 is 0 Å². The van der Waals surface area contributed by atoms with Gasteiger partial charge in [-0.05, 0) is 68.4 Å². The lowest BCUT2D eigenvalue weighted by molar-refractivity contribution is 0.299. The van der Waals surface area contributed by atoms with Crippen molar-refractivity contribution in [3.63, 3.8) is 0 Å². The van der Waals surface area contributed by atoms with Gasteiger partial charge >= 0.3 is 0 Å². The lowest BCUT2D eigenvalue weighted by Crippen LogP contribution is -2.34. The molecule has 0 saturated heterocycles. The van der Waals surface area contributed by atoms with Crippen molar-refractivity contribution in [3.8, 4) is 0 Å². The number of anilines is 1. The van der Waals surface area contributed by atoms with Gasteiger partial charge in [0.15, 0.2) is 0 Å². The molecule has 2 aromatic rings. The average molecular weight is 408 g/mol. The summed E-state index contributed by atoms with van der Waals surface area (Å²) in [5.41, 5.74) is 3.71. The topological polar surface area (TPSA) is 52.7 Å². The minimum atomic E-state index is -3.58. The Morgan fingerprint density at radius 2 is 1.89 bits per heavy atom. The van der Waals surface area contributed by atoms with Gasteiger partial charge in [-0.2, -0.15) is 0 Å². The second-order valence-electron chi connectivity index (χ2n) is 7.20. The Labute approximate surface area is 167 Å². The van der Waals surface area contributed by atoms with Crippen LogP contribution in [0, 0.1) is 0 Å². The van der Waals surface area contributed by atoms with Gasteiger partial charge in [-0.15, -0.1) is 0 Å². The molecule has 0 amide bonds. The number of sulfonamides is 1. The summed E-state index contributed by atoms with van der Waals surface area (Å²) in [4.78, 5) is 4.53. The van der Waals surface area contributed by atoms with Gasteiger partial charge in [-0.25, -0.2) is 13.1 Å². The Balaban J connectivity index is 1.79. The quantitative estimate of drug-likeness (QED) is 0.798. The normalized spacial score (nSPS) is 15.7. The lowest BCUT2D eigenvalue weighted by Gasteiger charge is -2.30. The fourth-order valence-corrected chi connectivity index (χ4v) is 4.66. The van der Waals surface area contributed by atoms with E-state index in [9.17, 15) is 8.42 Å². The molecule has 1 heterocycles. The van der Waals surface area contributed by atoms with Gasteiger partial charge in [0.1, 0.15) is 0 Å². The molecule has 27 heavy (non-hydrogen) atoms. The zero-order valence-electron chi connectivity index (χ0n) is 15.9. The van der Waals surface area contributed by atoms with Crippen molar-refractivity contribution in [3.05, 3.63) is 58.6 Å². The first-order valence-corrected chi connectivity index (χ1v) is 10.9. The summed E-state index contributed by atoms with van der Waals surface area (Å²) in [5, 5.41) is 0.513. The standard InChI is InChI=1S/C20H26ClN3O2S/c1-23(2)20(14-22-27(25,26)18-9-7-17(21)8-10-18)16-6-11-19-15(13-16)5-4-12-24(19)3/h6-11,13,20,22H,4-5,12,14H2,1-3H3/t20-/m0/s1. The molecule has 0 unspecified atom stereocenters. The molecule has 0 spiro atoms. The predicted octanol–water partition coefficient (Wildman–Crippen LogP) is 3.30. The number of rotatable bonds is 6. The molecule has 3 rings (SSSR count). The Morgan fingerprint density at radius 1 is 1.19 bits per heavy atom. The van der Waals surface area contributed by atoms with Crippen molar-refractivity contribution in [1.29, 1.82) is 0 Å². The maximum absolute atomic E-state index is 12.6. The molecule has 0 aromatic heterocycles. The third kappa shape index (κ3) is 4.63. The van der Waals surface area contributed by atoms with E-state index in [-0.39, 0.29) is 10.9 Å². The van der Waals surface area contributed by atoms with Crippen molar-refractivity contribution in [1.82, 2.24) is 9.62 Å². The van der Waals surface area contributed by atoms with Gasteiger partial charge in [0.2, 0.25) is 10.0 Å². The molecular weight excluding hydrogens is 382 g/mol. The maximum Gasteiger partial charge on any atom is 0.240 e. The molecule has 7 heteroatoms. The molecule has 5 nitrogen and oxygen atoms in total. The van der Waals surface area contributed by atoms with Crippen LogP contribution < -0.4 is 9.62 Å². The Bertz CT molecular complexity index is 898. The molecule has 1 N–H and O–H groups in total. The second kappa shape index (κ2) is 8.19. The highest BCUT2D eigenvalue weighted by atomic mass is 35.5. The second-order valence-corrected chi connectivity index (χ2v) is 9.40. The zero-order chi connectivity index (χ0) is 19.6. The van der Waals surface area contributed by atoms with Crippen molar-refractivity contribution in [2.75, 3.05) is 39.1 Å². The van der Waals surface area contributed by atoms with Crippen LogP contribution in [0.25, 0.3) is 0 Å². The Morgan fingerprint density at radius 3 is 2.56 bits per heavy atom. The van der Waals surface area contributed by atoms with E-state index in [0.717, 1.165) is 24.9 Å². The van der Waals surface area contributed by atoms with E-state index in [1.165, 1.54) is 23.4 Å². The van der Waals surface area contributed by atoms with Crippen LogP contribution in [0.2, 0.25) is 5.02 Å². The first-order valence-electron chi connectivity index (χ1n) is 9.03. The van der Waals surface area contributed by atoms with E-state index in [1.54, 1.807) is 12.1 Å². The molecule has 2 aromatic carbocycles. The molecule has 0 bridgehead atoms. The number of hydrogen-bond donors (Lipinski definition) is 1. The summed E-state index contributed by atoms with van der Waals surface area (Å²) >= 11 is 5.85. The lowest BCUT2D eigenvalue weighted by atomic mass is 9.96. The molecule has 0 saturated carbocycles. The smallest absolute Gasteiger partial charge is 0.240 e. The number of benzene rings is 2. The monoisotopic (exact) mass is 407 g/mol. The summed E-state index contributed by atoms with van der Waals surface area (Å²) in [7, 11) is 2.46. The number of nitrogens with one attached hydrogen (secondary N) is 1. The number of fused-ring (bicyclic) bond motifs is 1. The van der Waals surface area contributed by atoms with Crippen molar-refractivity contribution in [2.45, 2.75) is 23.8 Å². The van der Waals surface area contributed by atoms with Gasteiger partial charge in [0.25, 0.3) is 0 Å². The van der Waals surface area contributed by atoms with Crippen LogP contribution in [0.3, 0.4) is 0 Å². The first kappa shape index (κ1) is 20.1. The first-order chi connectivity index (χ1) is 12.8. The molecule has 1 atom stereocenters. The third-order valence-electron chi connectivity index (χ3n) is 5.05. The summed E-state index contributed by atoms with van der Waals surface area (Å²) in [6.45, 7) is 1.37. The number of aryl methyl sites for hydroxylation is 1. The number of likely N-dealkylation sites (N-methyl/N-ethyl adjacent to an activating group) is 1. The molecular formula is C20H26ClN3O2S. The average Bonchev–Trinajstić information content (AvgIpc) is 2.62. The zero-order valence-corrected chi connectivity index (χ0v) is 17.5. The van der Waals surface area contributed by atoms with E-state index in [4.69, 9.17) is 11.6 Å². The van der Waals surface area contributed by atoms with E-state index in [2.05, 4.69) is 34.9 Å². The van der Waals surface area contributed by atoms with Crippen LogP contribution in [0.1, 0.15) is 23.6 Å². The maximum atomic E-state index is 12.6. The predicted molar refractivity (Wildman–Crippen MR) is 111 cm³/mol. The van der Waals surface area contributed by atoms with Crippen LogP contribution in [0.4, 0.5) is 5.69 Å². The van der Waals surface area contributed by atoms with E-state index in [0.29, 0.717) is 11.6 Å². The van der Waals surface area contributed by atoms with Gasteiger partial charge in [0, 0.05) is 36.9 Å². The van der Waals surface area contributed by atoms with Gasteiger partial charge in [-0.3, -0.25) is 0 Å². The summed E-state index contributed by atoms with van der Waals surface area (Å²) in [5.74, 6) is 0. The number of hydrogen-bond acceptors (Lipinski definition) is 4. The van der Waals surface area contributed by atoms with Crippen LogP contribution in [0.15, 0.2) is 47.4 Å². The van der Waals surface area contributed by atoms with E-state index < -0.39 is 10.0 Å². The molecule has 0 radical (unpaired) electrons. The fourth-order valence-electron chi connectivity index (χ4n) is 3.50.